The summed E-state index contributed by atoms with van der Waals surface area (Å²) >= 11 is 7.22. The lowest BCUT2D eigenvalue weighted by atomic mass is 10.1. The second-order valence-corrected chi connectivity index (χ2v) is 7.70. The summed E-state index contributed by atoms with van der Waals surface area (Å²) in [6.07, 6.45) is 0. The number of hydrogen-bond donors (Lipinski definition) is 0. The highest BCUT2D eigenvalue weighted by Gasteiger charge is 2.32. The van der Waals surface area contributed by atoms with Crippen molar-refractivity contribution in [1.82, 2.24) is 29.0 Å². The molecule has 10 heteroatoms. The van der Waals surface area contributed by atoms with Gasteiger partial charge in [-0.3, -0.25) is 4.79 Å². The minimum atomic E-state index is -0.190. The zero-order chi connectivity index (χ0) is 19.1. The fourth-order valence-electron chi connectivity index (χ4n) is 3.07. The van der Waals surface area contributed by atoms with Crippen LogP contribution in [0.15, 0.2) is 24.3 Å². The number of fused-ring (bicyclic) bond motifs is 1. The molecule has 1 aliphatic heterocycles. The van der Waals surface area contributed by atoms with E-state index in [1.54, 1.807) is 24.3 Å². The Morgan fingerprint density at radius 3 is 2.63 bits per heavy atom. The second-order valence-electron chi connectivity index (χ2n) is 6.51. The molecule has 1 aromatic carbocycles. The van der Waals surface area contributed by atoms with Crippen molar-refractivity contribution in [2.24, 2.45) is 0 Å². The quantitative estimate of drug-likeness (QED) is 0.669. The van der Waals surface area contributed by atoms with E-state index in [0.29, 0.717) is 35.4 Å². The van der Waals surface area contributed by atoms with Crippen molar-refractivity contribution in [2.45, 2.75) is 19.5 Å². The first-order valence-corrected chi connectivity index (χ1v) is 9.62. The Balaban J connectivity index is 1.61. The van der Waals surface area contributed by atoms with E-state index in [4.69, 9.17) is 11.6 Å². The van der Waals surface area contributed by atoms with Crippen molar-refractivity contribution in [3.8, 4) is 10.8 Å². The van der Waals surface area contributed by atoms with E-state index < -0.39 is 0 Å². The van der Waals surface area contributed by atoms with E-state index in [9.17, 15) is 4.79 Å². The SMILES string of the molecule is C[C@@H]1c2nnc(-c3nc(N(C)C)ns3)n2CCN1C(=O)c1ccc(Cl)cc1. The molecule has 0 N–H and O–H groups in total. The molecular weight excluding hydrogens is 386 g/mol. The molecule has 2 aromatic heterocycles. The molecule has 1 aliphatic rings. The summed E-state index contributed by atoms with van der Waals surface area (Å²) in [5.74, 6) is 2.05. The zero-order valence-corrected chi connectivity index (χ0v) is 16.7. The molecule has 0 unspecified atom stereocenters. The molecule has 3 aromatic rings. The van der Waals surface area contributed by atoms with E-state index >= 15 is 0 Å². The van der Waals surface area contributed by atoms with Gasteiger partial charge in [0, 0.05) is 37.8 Å². The molecule has 0 aliphatic carbocycles. The Hall–Kier alpha value is -2.52. The van der Waals surface area contributed by atoms with Gasteiger partial charge < -0.3 is 14.4 Å². The Labute approximate surface area is 165 Å². The standard InChI is InChI=1S/C17H18ClN7OS/c1-10-13-20-21-14(15-19-17(22-27-15)23(2)3)25(13)9-8-24(10)16(26)11-4-6-12(18)7-5-11/h4-7,10H,8-9H2,1-3H3/t10-/m1/s1. The second kappa shape index (κ2) is 6.90. The molecule has 0 saturated carbocycles. The fraction of sp³-hybridized carbons (Fsp3) is 0.353. The average molecular weight is 404 g/mol. The van der Waals surface area contributed by atoms with Crippen molar-refractivity contribution in [2.75, 3.05) is 25.5 Å². The molecule has 0 bridgehead atoms. The van der Waals surface area contributed by atoms with Crippen LogP contribution in [-0.2, 0) is 6.54 Å². The van der Waals surface area contributed by atoms with Gasteiger partial charge in [0.1, 0.15) is 0 Å². The van der Waals surface area contributed by atoms with E-state index in [-0.39, 0.29) is 11.9 Å². The zero-order valence-electron chi connectivity index (χ0n) is 15.1. The number of anilines is 1. The number of carbonyl (C=O) groups is 1. The molecule has 0 spiro atoms. The Kier molecular flexibility index (Phi) is 4.56. The highest BCUT2D eigenvalue weighted by atomic mass is 35.5. The smallest absolute Gasteiger partial charge is 0.254 e. The van der Waals surface area contributed by atoms with Gasteiger partial charge in [0.15, 0.2) is 16.7 Å². The molecule has 0 saturated heterocycles. The summed E-state index contributed by atoms with van der Waals surface area (Å²) in [7, 11) is 3.79. The molecule has 140 valence electrons. The van der Waals surface area contributed by atoms with E-state index in [0.717, 1.165) is 10.8 Å². The van der Waals surface area contributed by atoms with Crippen molar-refractivity contribution in [1.29, 1.82) is 0 Å². The highest BCUT2D eigenvalue weighted by Crippen LogP contribution is 2.30. The van der Waals surface area contributed by atoms with Gasteiger partial charge >= 0.3 is 0 Å². The number of hydrogen-bond acceptors (Lipinski definition) is 7. The summed E-state index contributed by atoms with van der Waals surface area (Å²) in [6, 6.07) is 6.74. The largest absolute Gasteiger partial charge is 0.346 e. The van der Waals surface area contributed by atoms with Gasteiger partial charge in [-0.1, -0.05) is 11.6 Å². The first kappa shape index (κ1) is 17.9. The maximum Gasteiger partial charge on any atom is 0.254 e. The van der Waals surface area contributed by atoms with Crippen molar-refractivity contribution < 1.29 is 4.79 Å². The summed E-state index contributed by atoms with van der Waals surface area (Å²) in [5.41, 5.74) is 0.610. The summed E-state index contributed by atoms with van der Waals surface area (Å²) in [4.78, 5) is 21.1. The fourth-order valence-corrected chi connectivity index (χ4v) is 3.92. The number of aromatic nitrogens is 5. The van der Waals surface area contributed by atoms with Crippen molar-refractivity contribution >= 4 is 35.0 Å². The van der Waals surface area contributed by atoms with Crippen LogP contribution in [-0.4, -0.2) is 55.6 Å². The predicted octanol–water partition coefficient (Wildman–Crippen LogP) is 2.73. The molecule has 8 nitrogen and oxygen atoms in total. The van der Waals surface area contributed by atoms with Crippen LogP contribution in [0.5, 0.6) is 0 Å². The maximum absolute atomic E-state index is 12.9. The minimum absolute atomic E-state index is 0.0409. The van der Waals surface area contributed by atoms with Crippen LogP contribution < -0.4 is 4.90 Å². The highest BCUT2D eigenvalue weighted by molar-refractivity contribution is 7.09. The average Bonchev–Trinajstić information content (AvgIpc) is 3.29. The lowest BCUT2D eigenvalue weighted by molar-refractivity contribution is 0.0638. The topological polar surface area (TPSA) is 80.0 Å². The van der Waals surface area contributed by atoms with Crippen molar-refractivity contribution in [3.63, 3.8) is 0 Å². The summed E-state index contributed by atoms with van der Waals surface area (Å²) < 4.78 is 6.35. The van der Waals surface area contributed by atoms with Gasteiger partial charge in [-0.15, -0.1) is 10.2 Å². The summed E-state index contributed by atoms with van der Waals surface area (Å²) in [5, 5.41) is 9.98. The molecule has 4 rings (SSSR count). The third kappa shape index (κ3) is 3.17. The van der Waals surface area contributed by atoms with Gasteiger partial charge in [0.2, 0.25) is 5.95 Å². The van der Waals surface area contributed by atoms with Crippen LogP contribution in [0.4, 0.5) is 5.95 Å². The van der Waals surface area contributed by atoms with Crippen LogP contribution in [0, 0.1) is 0 Å². The van der Waals surface area contributed by atoms with E-state index in [1.165, 1.54) is 11.5 Å². The van der Waals surface area contributed by atoms with Crippen molar-refractivity contribution in [3.05, 3.63) is 40.7 Å². The lowest BCUT2D eigenvalue weighted by Crippen LogP contribution is -2.41. The van der Waals surface area contributed by atoms with Crippen LogP contribution in [0.2, 0.25) is 5.02 Å². The molecule has 27 heavy (non-hydrogen) atoms. The third-order valence-electron chi connectivity index (χ3n) is 4.54. The monoisotopic (exact) mass is 403 g/mol. The number of amides is 1. The van der Waals surface area contributed by atoms with Gasteiger partial charge in [-0.05, 0) is 42.7 Å². The molecule has 0 fully saturated rings. The third-order valence-corrected chi connectivity index (χ3v) is 5.50. The van der Waals surface area contributed by atoms with E-state index in [2.05, 4.69) is 19.6 Å². The molecule has 1 atom stereocenters. The van der Waals surface area contributed by atoms with Gasteiger partial charge in [0.05, 0.1) is 6.04 Å². The van der Waals surface area contributed by atoms with Crippen LogP contribution in [0.25, 0.3) is 10.8 Å². The Morgan fingerprint density at radius 1 is 1.22 bits per heavy atom. The van der Waals surface area contributed by atoms with Crippen LogP contribution >= 0.6 is 23.1 Å². The first-order valence-electron chi connectivity index (χ1n) is 8.46. The minimum Gasteiger partial charge on any atom is -0.346 e. The molecular formula is C17H18ClN7OS. The normalized spacial score (nSPS) is 16.3. The Morgan fingerprint density at radius 2 is 1.96 bits per heavy atom. The number of benzene rings is 1. The van der Waals surface area contributed by atoms with Gasteiger partial charge in [-0.2, -0.15) is 9.36 Å². The maximum atomic E-state index is 12.9. The van der Waals surface area contributed by atoms with Gasteiger partial charge in [-0.25, -0.2) is 0 Å². The van der Waals surface area contributed by atoms with E-state index in [1.807, 2.05) is 35.4 Å². The number of nitrogens with zero attached hydrogens (tertiary/aromatic N) is 7. The first-order chi connectivity index (χ1) is 13.0. The summed E-state index contributed by atoms with van der Waals surface area (Å²) in [6.45, 7) is 3.14. The number of carbonyl (C=O) groups excluding carboxylic acids is 1. The Bertz CT molecular complexity index is 982. The molecule has 1 amide bonds. The van der Waals surface area contributed by atoms with Crippen LogP contribution in [0.1, 0.15) is 29.1 Å². The number of halogens is 1. The number of rotatable bonds is 3. The van der Waals surface area contributed by atoms with Gasteiger partial charge in [0.25, 0.3) is 5.91 Å². The molecule has 3 heterocycles. The predicted molar refractivity (Wildman–Crippen MR) is 104 cm³/mol. The molecule has 0 radical (unpaired) electrons. The lowest BCUT2D eigenvalue weighted by Gasteiger charge is -2.33. The van der Waals surface area contributed by atoms with Crippen LogP contribution in [0.3, 0.4) is 0 Å².